The lowest BCUT2D eigenvalue weighted by Crippen LogP contribution is -2.30. The molecular weight excluding hydrogens is 224 g/mol. The standard InChI is InChI=1S/C15H24N2O/c1-15(2,3)13-6-4-12(5-7-13)14(18)10-17-9-8-16-11-17/h8-9,11-13H,4-7,10H2,1-3H3. The highest BCUT2D eigenvalue weighted by Crippen LogP contribution is 2.40. The van der Waals surface area contributed by atoms with E-state index in [1.807, 2.05) is 10.8 Å². The zero-order chi connectivity index (χ0) is 13.2. The Kier molecular flexibility index (Phi) is 3.88. The van der Waals surface area contributed by atoms with E-state index in [9.17, 15) is 4.79 Å². The number of carbonyl (C=O) groups is 1. The third-order valence-electron chi connectivity index (χ3n) is 4.30. The van der Waals surface area contributed by atoms with Crippen LogP contribution in [-0.4, -0.2) is 15.3 Å². The largest absolute Gasteiger partial charge is 0.330 e. The van der Waals surface area contributed by atoms with Crippen molar-refractivity contribution in [1.82, 2.24) is 9.55 Å². The summed E-state index contributed by atoms with van der Waals surface area (Å²) in [6, 6.07) is 0. The smallest absolute Gasteiger partial charge is 0.155 e. The second kappa shape index (κ2) is 5.25. The highest BCUT2D eigenvalue weighted by molar-refractivity contribution is 5.80. The molecule has 1 aromatic heterocycles. The minimum absolute atomic E-state index is 0.269. The first kappa shape index (κ1) is 13.3. The molecule has 0 radical (unpaired) electrons. The van der Waals surface area contributed by atoms with Gasteiger partial charge in [-0.2, -0.15) is 0 Å². The lowest BCUT2D eigenvalue weighted by molar-refractivity contribution is -0.125. The summed E-state index contributed by atoms with van der Waals surface area (Å²) < 4.78 is 1.87. The molecule has 0 amide bonds. The van der Waals surface area contributed by atoms with Gasteiger partial charge < -0.3 is 4.57 Å². The van der Waals surface area contributed by atoms with Crippen molar-refractivity contribution < 1.29 is 4.79 Å². The van der Waals surface area contributed by atoms with E-state index in [2.05, 4.69) is 25.8 Å². The molecule has 1 aromatic rings. The van der Waals surface area contributed by atoms with Crippen LogP contribution in [-0.2, 0) is 11.3 Å². The summed E-state index contributed by atoms with van der Waals surface area (Å²) in [5, 5.41) is 0. The Morgan fingerprint density at radius 2 is 1.94 bits per heavy atom. The molecule has 0 aliphatic heterocycles. The molecule has 1 fully saturated rings. The number of carbonyl (C=O) groups excluding carboxylic acids is 1. The van der Waals surface area contributed by atoms with Crippen molar-refractivity contribution in [1.29, 1.82) is 0 Å². The predicted octanol–water partition coefficient (Wildman–Crippen LogP) is 3.30. The SMILES string of the molecule is CC(C)(C)C1CCC(C(=O)Cn2ccnc2)CC1. The van der Waals surface area contributed by atoms with Crippen molar-refractivity contribution in [2.45, 2.75) is 53.0 Å². The van der Waals surface area contributed by atoms with Gasteiger partial charge in [-0.05, 0) is 37.0 Å². The third-order valence-corrected chi connectivity index (χ3v) is 4.30. The Hall–Kier alpha value is -1.12. The lowest BCUT2D eigenvalue weighted by Gasteiger charge is -2.36. The predicted molar refractivity (Wildman–Crippen MR) is 72.1 cm³/mol. The molecular formula is C15H24N2O. The van der Waals surface area contributed by atoms with E-state index in [0.29, 0.717) is 17.7 Å². The van der Waals surface area contributed by atoms with Crippen molar-refractivity contribution in [3.05, 3.63) is 18.7 Å². The quantitative estimate of drug-likeness (QED) is 0.822. The minimum Gasteiger partial charge on any atom is -0.330 e. The highest BCUT2D eigenvalue weighted by Gasteiger charge is 2.32. The van der Waals surface area contributed by atoms with Crippen molar-refractivity contribution in [2.75, 3.05) is 0 Å². The summed E-state index contributed by atoms with van der Waals surface area (Å²) in [5.41, 5.74) is 0.387. The summed E-state index contributed by atoms with van der Waals surface area (Å²) in [7, 11) is 0. The monoisotopic (exact) mass is 248 g/mol. The van der Waals surface area contributed by atoms with Crippen molar-refractivity contribution in [3.8, 4) is 0 Å². The highest BCUT2D eigenvalue weighted by atomic mass is 16.1. The number of aromatic nitrogens is 2. The average Bonchev–Trinajstić information content (AvgIpc) is 2.81. The van der Waals surface area contributed by atoms with E-state index in [-0.39, 0.29) is 5.92 Å². The summed E-state index contributed by atoms with van der Waals surface area (Å²) in [5.74, 6) is 1.42. The molecule has 1 saturated carbocycles. The van der Waals surface area contributed by atoms with E-state index >= 15 is 0 Å². The van der Waals surface area contributed by atoms with Gasteiger partial charge in [0.15, 0.2) is 5.78 Å². The van der Waals surface area contributed by atoms with E-state index in [1.54, 1.807) is 12.5 Å². The van der Waals surface area contributed by atoms with Crippen LogP contribution in [0, 0.1) is 17.3 Å². The first-order chi connectivity index (χ1) is 8.47. The van der Waals surface area contributed by atoms with Crippen LogP contribution >= 0.6 is 0 Å². The van der Waals surface area contributed by atoms with E-state index < -0.39 is 0 Å². The first-order valence-corrected chi connectivity index (χ1v) is 6.95. The fourth-order valence-corrected chi connectivity index (χ4v) is 2.97. The Labute approximate surface area is 110 Å². The Morgan fingerprint density at radius 3 is 2.44 bits per heavy atom. The summed E-state index contributed by atoms with van der Waals surface area (Å²) in [6.07, 6.45) is 9.83. The summed E-state index contributed by atoms with van der Waals surface area (Å²) >= 11 is 0. The third kappa shape index (κ3) is 3.21. The van der Waals surface area contributed by atoms with Crippen LogP contribution < -0.4 is 0 Å². The maximum atomic E-state index is 12.2. The number of imidazole rings is 1. The molecule has 0 N–H and O–H groups in total. The fourth-order valence-electron chi connectivity index (χ4n) is 2.97. The molecule has 0 aromatic carbocycles. The van der Waals surface area contributed by atoms with Crippen molar-refractivity contribution in [3.63, 3.8) is 0 Å². The van der Waals surface area contributed by atoms with Gasteiger partial charge >= 0.3 is 0 Å². The fraction of sp³-hybridized carbons (Fsp3) is 0.733. The van der Waals surface area contributed by atoms with Crippen LogP contribution in [0.5, 0.6) is 0 Å². The van der Waals surface area contributed by atoms with Crippen LogP contribution in [0.2, 0.25) is 0 Å². The summed E-state index contributed by atoms with van der Waals surface area (Å²) in [4.78, 5) is 16.1. The van der Waals surface area contributed by atoms with Crippen LogP contribution in [0.15, 0.2) is 18.7 Å². The molecule has 100 valence electrons. The van der Waals surface area contributed by atoms with Gasteiger partial charge in [0.2, 0.25) is 0 Å². The molecule has 0 atom stereocenters. The van der Waals surface area contributed by atoms with Gasteiger partial charge in [-0.1, -0.05) is 20.8 Å². The second-order valence-electron chi connectivity index (χ2n) is 6.62. The average molecular weight is 248 g/mol. The van der Waals surface area contributed by atoms with E-state index in [4.69, 9.17) is 0 Å². The Morgan fingerprint density at radius 1 is 1.28 bits per heavy atom. The molecule has 3 nitrogen and oxygen atoms in total. The zero-order valence-electron chi connectivity index (χ0n) is 11.7. The van der Waals surface area contributed by atoms with Gasteiger partial charge in [0.05, 0.1) is 12.9 Å². The van der Waals surface area contributed by atoms with Gasteiger partial charge in [-0.15, -0.1) is 0 Å². The molecule has 0 spiro atoms. The van der Waals surface area contributed by atoms with Crippen molar-refractivity contribution in [2.24, 2.45) is 17.3 Å². The van der Waals surface area contributed by atoms with Gasteiger partial charge in [0, 0.05) is 18.3 Å². The van der Waals surface area contributed by atoms with Crippen LogP contribution in [0.1, 0.15) is 46.5 Å². The van der Waals surface area contributed by atoms with Crippen LogP contribution in [0.3, 0.4) is 0 Å². The molecule has 0 saturated heterocycles. The van der Waals surface area contributed by atoms with Crippen molar-refractivity contribution >= 4 is 5.78 Å². The summed E-state index contributed by atoms with van der Waals surface area (Å²) in [6.45, 7) is 7.42. The lowest BCUT2D eigenvalue weighted by atomic mass is 9.69. The minimum atomic E-state index is 0.269. The maximum Gasteiger partial charge on any atom is 0.155 e. The Balaban J connectivity index is 1.84. The van der Waals surface area contributed by atoms with Gasteiger partial charge in [-0.25, -0.2) is 4.98 Å². The topological polar surface area (TPSA) is 34.9 Å². The van der Waals surface area contributed by atoms with Gasteiger partial charge in [-0.3, -0.25) is 4.79 Å². The number of Topliss-reactive ketones (excluding diaryl/α,β-unsaturated/α-hetero) is 1. The molecule has 3 heteroatoms. The zero-order valence-corrected chi connectivity index (χ0v) is 11.7. The number of ketones is 1. The first-order valence-electron chi connectivity index (χ1n) is 6.95. The second-order valence-corrected chi connectivity index (χ2v) is 6.62. The number of nitrogens with zero attached hydrogens (tertiary/aromatic N) is 2. The molecule has 2 rings (SSSR count). The van der Waals surface area contributed by atoms with Crippen LogP contribution in [0.4, 0.5) is 0 Å². The molecule has 1 aliphatic rings. The molecule has 0 bridgehead atoms. The number of rotatable bonds is 3. The molecule has 0 unspecified atom stereocenters. The van der Waals surface area contributed by atoms with Gasteiger partial charge in [0.25, 0.3) is 0 Å². The number of hydrogen-bond donors (Lipinski definition) is 0. The Bertz CT molecular complexity index is 381. The molecule has 1 heterocycles. The maximum absolute atomic E-state index is 12.2. The normalized spacial score (nSPS) is 25.1. The van der Waals surface area contributed by atoms with Gasteiger partial charge in [0.1, 0.15) is 0 Å². The van der Waals surface area contributed by atoms with Crippen LogP contribution in [0.25, 0.3) is 0 Å². The van der Waals surface area contributed by atoms with E-state index in [0.717, 1.165) is 18.8 Å². The number of hydrogen-bond acceptors (Lipinski definition) is 2. The van der Waals surface area contributed by atoms with E-state index in [1.165, 1.54) is 12.8 Å². The molecule has 18 heavy (non-hydrogen) atoms. The molecule has 1 aliphatic carbocycles.